The van der Waals surface area contributed by atoms with Crippen molar-refractivity contribution in [3.05, 3.63) is 27.2 Å². The van der Waals surface area contributed by atoms with E-state index < -0.39 is 11.2 Å². The van der Waals surface area contributed by atoms with E-state index in [1.54, 1.807) is 5.38 Å². The molecule has 0 spiro atoms. The molecule has 9 heteroatoms. The first-order valence-electron chi connectivity index (χ1n) is 5.55. The van der Waals surface area contributed by atoms with Gasteiger partial charge in [0.15, 0.2) is 5.01 Å². The molecule has 0 aliphatic heterocycles. The van der Waals surface area contributed by atoms with Gasteiger partial charge in [-0.3, -0.25) is 0 Å². The van der Waals surface area contributed by atoms with E-state index in [1.807, 2.05) is 6.92 Å². The van der Waals surface area contributed by atoms with Crippen LogP contribution in [0.3, 0.4) is 0 Å². The van der Waals surface area contributed by atoms with E-state index in [4.69, 9.17) is 0 Å². The molecule has 0 amide bonds. The Kier molecular flexibility index (Phi) is 4.48. The molecule has 0 aliphatic carbocycles. The number of rotatable bonds is 5. The number of alkyl halides is 3. The first-order chi connectivity index (χ1) is 9.02. The van der Waals surface area contributed by atoms with Crippen LogP contribution < -0.4 is 5.32 Å². The molecule has 104 valence electrons. The van der Waals surface area contributed by atoms with Gasteiger partial charge in [-0.05, 0) is 24.5 Å². The topological polar surface area (TPSA) is 50.7 Å². The molecule has 1 unspecified atom stereocenters. The van der Waals surface area contributed by atoms with Crippen molar-refractivity contribution in [2.75, 3.05) is 6.54 Å². The minimum absolute atomic E-state index is 0.382. The average Bonchev–Trinajstić information content (AvgIpc) is 2.99. The summed E-state index contributed by atoms with van der Waals surface area (Å²) in [7, 11) is 0. The fraction of sp³-hybridized carbons (Fsp3) is 0.500. The molecule has 19 heavy (non-hydrogen) atoms. The molecule has 0 radical (unpaired) electrons. The predicted molar refractivity (Wildman–Crippen MR) is 67.2 cm³/mol. The van der Waals surface area contributed by atoms with Crippen molar-refractivity contribution in [1.29, 1.82) is 0 Å². The quantitative estimate of drug-likeness (QED) is 0.922. The molecule has 2 heterocycles. The Morgan fingerprint density at radius 1 is 1.42 bits per heavy atom. The summed E-state index contributed by atoms with van der Waals surface area (Å²) in [6.45, 7) is 2.67. The third kappa shape index (κ3) is 3.48. The molecule has 2 aromatic rings. The predicted octanol–water partition coefficient (Wildman–Crippen LogP) is 3.10. The summed E-state index contributed by atoms with van der Waals surface area (Å²) in [6.07, 6.45) is -2.28. The van der Waals surface area contributed by atoms with E-state index >= 15 is 0 Å². The van der Waals surface area contributed by atoms with Gasteiger partial charge in [-0.1, -0.05) is 11.4 Å². The number of nitrogens with one attached hydrogen (secondary N) is 1. The van der Waals surface area contributed by atoms with Gasteiger partial charge < -0.3 is 5.32 Å². The first-order valence-corrected chi connectivity index (χ1v) is 7.21. The number of aromatic nitrogens is 3. The standard InChI is InChI=1S/C10H11F3N4S2/c1-2-3-14-8(6-5-18-17-16-6)7-4-15-9(19-7)10(11,12)13/h4-5,8,14H,2-3H2,1H3. The van der Waals surface area contributed by atoms with Crippen LogP contribution in [0.2, 0.25) is 0 Å². The van der Waals surface area contributed by atoms with Gasteiger partial charge in [-0.25, -0.2) is 4.98 Å². The minimum Gasteiger partial charge on any atom is -0.304 e. The zero-order valence-corrected chi connectivity index (χ0v) is 11.6. The first kappa shape index (κ1) is 14.4. The van der Waals surface area contributed by atoms with Crippen LogP contribution in [0.1, 0.15) is 35.0 Å². The molecule has 1 N–H and O–H groups in total. The van der Waals surface area contributed by atoms with Crippen LogP contribution in [0.25, 0.3) is 0 Å². The summed E-state index contributed by atoms with van der Waals surface area (Å²) in [5.74, 6) is 0. The zero-order valence-electron chi connectivity index (χ0n) is 9.94. The maximum Gasteiger partial charge on any atom is 0.443 e. The van der Waals surface area contributed by atoms with Crippen LogP contribution in [0, 0.1) is 0 Å². The maximum absolute atomic E-state index is 12.6. The average molecular weight is 308 g/mol. The monoisotopic (exact) mass is 308 g/mol. The van der Waals surface area contributed by atoms with E-state index in [2.05, 4.69) is 19.9 Å². The number of hydrogen-bond donors (Lipinski definition) is 1. The Hall–Kier alpha value is -1.06. The Bertz CT molecular complexity index is 509. The molecule has 2 aromatic heterocycles. The number of nitrogens with zero attached hydrogens (tertiary/aromatic N) is 3. The third-order valence-corrected chi connectivity index (χ3v) is 3.95. The second-order valence-corrected chi connectivity index (χ2v) is 5.45. The van der Waals surface area contributed by atoms with Crippen molar-refractivity contribution < 1.29 is 13.2 Å². The Morgan fingerprint density at radius 3 is 2.74 bits per heavy atom. The highest BCUT2D eigenvalue weighted by atomic mass is 32.1. The van der Waals surface area contributed by atoms with E-state index in [9.17, 15) is 13.2 Å². The smallest absolute Gasteiger partial charge is 0.304 e. The van der Waals surface area contributed by atoms with Gasteiger partial charge >= 0.3 is 6.18 Å². The van der Waals surface area contributed by atoms with Gasteiger partial charge in [0, 0.05) is 16.5 Å². The van der Waals surface area contributed by atoms with Crippen molar-refractivity contribution in [2.24, 2.45) is 0 Å². The summed E-state index contributed by atoms with van der Waals surface area (Å²) in [5.41, 5.74) is 0.621. The van der Waals surface area contributed by atoms with Crippen LogP contribution in [0.4, 0.5) is 13.2 Å². The molecule has 4 nitrogen and oxygen atoms in total. The van der Waals surface area contributed by atoms with Crippen molar-refractivity contribution >= 4 is 22.9 Å². The Labute approximate surface area is 115 Å². The van der Waals surface area contributed by atoms with Crippen LogP contribution in [-0.2, 0) is 6.18 Å². The highest BCUT2D eigenvalue weighted by Gasteiger charge is 2.35. The lowest BCUT2D eigenvalue weighted by atomic mass is 10.2. The number of halogens is 3. The number of hydrogen-bond acceptors (Lipinski definition) is 6. The van der Waals surface area contributed by atoms with Crippen LogP contribution in [-0.4, -0.2) is 21.1 Å². The van der Waals surface area contributed by atoms with Crippen LogP contribution >= 0.6 is 22.9 Å². The maximum atomic E-state index is 12.6. The highest BCUT2D eigenvalue weighted by molar-refractivity contribution is 7.11. The van der Waals surface area contributed by atoms with Crippen molar-refractivity contribution in [1.82, 2.24) is 19.9 Å². The molecule has 0 fully saturated rings. The van der Waals surface area contributed by atoms with Crippen molar-refractivity contribution in [3.63, 3.8) is 0 Å². The van der Waals surface area contributed by atoms with Gasteiger partial charge in [-0.15, -0.1) is 16.4 Å². The van der Waals surface area contributed by atoms with Crippen LogP contribution in [0.5, 0.6) is 0 Å². The normalized spacial score (nSPS) is 13.7. The van der Waals surface area contributed by atoms with E-state index in [-0.39, 0.29) is 6.04 Å². The van der Waals surface area contributed by atoms with Gasteiger partial charge in [0.2, 0.25) is 0 Å². The van der Waals surface area contributed by atoms with E-state index in [1.165, 1.54) is 17.7 Å². The Morgan fingerprint density at radius 2 is 2.21 bits per heavy atom. The summed E-state index contributed by atoms with van der Waals surface area (Å²) in [4.78, 5) is 3.93. The molecule has 0 saturated heterocycles. The second-order valence-electron chi connectivity index (χ2n) is 3.78. The molecular weight excluding hydrogens is 297 g/mol. The Balaban J connectivity index is 2.26. The largest absolute Gasteiger partial charge is 0.443 e. The van der Waals surface area contributed by atoms with E-state index in [0.717, 1.165) is 6.42 Å². The summed E-state index contributed by atoms with van der Waals surface area (Å²) in [5, 5.41) is 7.96. The third-order valence-electron chi connectivity index (χ3n) is 2.32. The van der Waals surface area contributed by atoms with Gasteiger partial charge in [0.25, 0.3) is 0 Å². The van der Waals surface area contributed by atoms with Gasteiger partial charge in [0.1, 0.15) is 0 Å². The zero-order chi connectivity index (χ0) is 13.9. The summed E-state index contributed by atoms with van der Waals surface area (Å²) < 4.78 is 41.4. The molecule has 0 saturated carbocycles. The van der Waals surface area contributed by atoms with Crippen LogP contribution in [0.15, 0.2) is 11.6 Å². The van der Waals surface area contributed by atoms with Crippen molar-refractivity contribution in [3.8, 4) is 0 Å². The molecule has 0 bridgehead atoms. The lowest BCUT2D eigenvalue weighted by molar-refractivity contribution is -0.137. The second kappa shape index (κ2) is 5.93. The summed E-state index contributed by atoms with van der Waals surface area (Å²) in [6, 6.07) is -0.382. The molecule has 1 atom stereocenters. The lowest BCUT2D eigenvalue weighted by Crippen LogP contribution is -2.22. The molecular formula is C10H11F3N4S2. The van der Waals surface area contributed by atoms with Gasteiger partial charge in [-0.2, -0.15) is 13.2 Å². The van der Waals surface area contributed by atoms with Crippen molar-refractivity contribution in [2.45, 2.75) is 25.6 Å². The highest BCUT2D eigenvalue weighted by Crippen LogP contribution is 2.35. The molecule has 0 aromatic carbocycles. The SMILES string of the molecule is CCCNC(c1csnn1)c1cnc(C(F)(F)F)s1. The molecule has 2 rings (SSSR count). The molecule has 0 aliphatic rings. The van der Waals surface area contributed by atoms with Gasteiger partial charge in [0.05, 0.1) is 11.7 Å². The lowest BCUT2D eigenvalue weighted by Gasteiger charge is -2.13. The fourth-order valence-electron chi connectivity index (χ4n) is 1.49. The summed E-state index contributed by atoms with van der Waals surface area (Å²) >= 11 is 1.80. The number of thiazole rings is 1. The van der Waals surface area contributed by atoms with E-state index in [0.29, 0.717) is 28.5 Å². The fourth-order valence-corrected chi connectivity index (χ4v) is 2.84. The minimum atomic E-state index is -4.40.